The third-order valence-corrected chi connectivity index (χ3v) is 5.34. The SMILES string of the molecule is COc1ccc(-c2nsc3c(=O)n(CNC(=O)N4CCOCC4)cnc23)cc1. The summed E-state index contributed by atoms with van der Waals surface area (Å²) in [5.41, 5.74) is 1.84. The second kappa shape index (κ2) is 7.95. The van der Waals surface area contributed by atoms with Crippen LogP contribution in [0.5, 0.6) is 5.75 Å². The van der Waals surface area contributed by atoms with Crippen molar-refractivity contribution in [3.8, 4) is 17.0 Å². The van der Waals surface area contributed by atoms with Gasteiger partial charge in [-0.25, -0.2) is 9.78 Å². The highest BCUT2D eigenvalue weighted by molar-refractivity contribution is 7.13. The van der Waals surface area contributed by atoms with Gasteiger partial charge in [0.15, 0.2) is 0 Å². The summed E-state index contributed by atoms with van der Waals surface area (Å²) in [5.74, 6) is 0.745. The predicted octanol–water partition coefficient (Wildman–Crippen LogP) is 1.53. The molecular formula is C18H19N5O4S. The summed E-state index contributed by atoms with van der Waals surface area (Å²) < 4.78 is 16.6. The number of amides is 2. The van der Waals surface area contributed by atoms with Crippen molar-refractivity contribution < 1.29 is 14.3 Å². The number of nitrogens with one attached hydrogen (secondary N) is 1. The summed E-state index contributed by atoms with van der Waals surface area (Å²) in [7, 11) is 1.61. The van der Waals surface area contributed by atoms with E-state index < -0.39 is 0 Å². The van der Waals surface area contributed by atoms with E-state index in [4.69, 9.17) is 9.47 Å². The molecule has 1 N–H and O–H groups in total. The number of hydrogen-bond acceptors (Lipinski definition) is 7. The van der Waals surface area contributed by atoms with Gasteiger partial charge in [0.2, 0.25) is 0 Å². The second-order valence-electron chi connectivity index (χ2n) is 6.20. The number of urea groups is 1. The van der Waals surface area contributed by atoms with Crippen LogP contribution in [-0.4, -0.2) is 58.3 Å². The molecule has 146 valence electrons. The number of carbonyl (C=O) groups excluding carboxylic acids is 1. The number of carbonyl (C=O) groups is 1. The summed E-state index contributed by atoms with van der Waals surface area (Å²) >= 11 is 1.11. The highest BCUT2D eigenvalue weighted by atomic mass is 32.1. The lowest BCUT2D eigenvalue weighted by Crippen LogP contribution is -2.47. The summed E-state index contributed by atoms with van der Waals surface area (Å²) in [6.45, 7) is 2.18. The van der Waals surface area contributed by atoms with Gasteiger partial charge < -0.3 is 19.7 Å². The minimum atomic E-state index is -0.232. The third-order valence-electron chi connectivity index (χ3n) is 4.51. The fourth-order valence-corrected chi connectivity index (χ4v) is 3.74. The number of fused-ring (bicyclic) bond motifs is 1. The molecule has 10 heteroatoms. The lowest BCUT2D eigenvalue weighted by Gasteiger charge is -2.26. The molecule has 4 rings (SSSR count). The molecule has 1 aromatic carbocycles. The van der Waals surface area contributed by atoms with Crippen molar-refractivity contribution in [2.24, 2.45) is 0 Å². The molecule has 9 nitrogen and oxygen atoms in total. The van der Waals surface area contributed by atoms with Crippen molar-refractivity contribution in [3.05, 3.63) is 40.9 Å². The van der Waals surface area contributed by atoms with Gasteiger partial charge in [-0.2, -0.15) is 4.37 Å². The first-order valence-corrected chi connectivity index (χ1v) is 9.54. The predicted molar refractivity (Wildman–Crippen MR) is 105 cm³/mol. The van der Waals surface area contributed by atoms with E-state index in [9.17, 15) is 9.59 Å². The zero-order valence-corrected chi connectivity index (χ0v) is 16.1. The number of benzene rings is 1. The van der Waals surface area contributed by atoms with Crippen LogP contribution in [0.3, 0.4) is 0 Å². The number of rotatable bonds is 4. The number of nitrogens with zero attached hydrogens (tertiary/aromatic N) is 4. The Bertz CT molecular complexity index is 1040. The van der Waals surface area contributed by atoms with Gasteiger partial charge in [-0.1, -0.05) is 0 Å². The van der Waals surface area contributed by atoms with Gasteiger partial charge >= 0.3 is 6.03 Å². The van der Waals surface area contributed by atoms with Gasteiger partial charge in [-0.15, -0.1) is 0 Å². The zero-order valence-electron chi connectivity index (χ0n) is 15.3. The molecule has 3 heterocycles. The van der Waals surface area contributed by atoms with Crippen molar-refractivity contribution in [1.82, 2.24) is 24.1 Å². The molecular weight excluding hydrogens is 382 g/mol. The van der Waals surface area contributed by atoms with Gasteiger partial charge in [0.05, 0.1) is 26.7 Å². The number of morpholine rings is 1. The molecule has 2 aromatic heterocycles. The Morgan fingerprint density at radius 2 is 2.04 bits per heavy atom. The number of aromatic nitrogens is 3. The first-order valence-electron chi connectivity index (χ1n) is 8.77. The molecule has 1 aliphatic heterocycles. The molecule has 28 heavy (non-hydrogen) atoms. The van der Waals surface area contributed by atoms with Crippen LogP contribution in [0.4, 0.5) is 4.79 Å². The normalized spacial score (nSPS) is 14.2. The van der Waals surface area contributed by atoms with Crippen LogP contribution in [0.15, 0.2) is 35.4 Å². The van der Waals surface area contributed by atoms with Crippen LogP contribution >= 0.6 is 11.5 Å². The fraction of sp³-hybridized carbons (Fsp3) is 0.333. The average molecular weight is 401 g/mol. The van der Waals surface area contributed by atoms with Crippen LogP contribution in [0.25, 0.3) is 21.5 Å². The maximum absolute atomic E-state index is 12.8. The maximum atomic E-state index is 12.8. The minimum absolute atomic E-state index is 0.0493. The molecule has 1 aliphatic rings. The largest absolute Gasteiger partial charge is 0.497 e. The van der Waals surface area contributed by atoms with Crippen LogP contribution in [0, 0.1) is 0 Å². The summed E-state index contributed by atoms with van der Waals surface area (Å²) in [5, 5.41) is 2.75. The van der Waals surface area contributed by atoms with Crippen LogP contribution in [-0.2, 0) is 11.4 Å². The molecule has 2 amide bonds. The Balaban J connectivity index is 1.54. The van der Waals surface area contributed by atoms with Crippen molar-refractivity contribution in [1.29, 1.82) is 0 Å². The standard InChI is InChI=1S/C18H19N5O4S/c1-26-13-4-2-12(3-5-13)14-15-16(28-21-14)17(24)23(10-19-15)11-20-18(25)22-6-8-27-9-7-22/h2-5,10H,6-9,11H2,1H3,(H,20,25). The first-order chi connectivity index (χ1) is 13.7. The van der Waals surface area contributed by atoms with Gasteiger partial charge in [-0.3, -0.25) is 9.36 Å². The molecule has 0 saturated carbocycles. The summed E-state index contributed by atoms with van der Waals surface area (Å²) in [6, 6.07) is 7.20. The molecule has 0 radical (unpaired) electrons. The molecule has 1 fully saturated rings. The maximum Gasteiger partial charge on any atom is 0.318 e. The average Bonchev–Trinajstić information content (AvgIpc) is 3.18. The van der Waals surface area contributed by atoms with E-state index in [-0.39, 0.29) is 18.3 Å². The molecule has 0 unspecified atom stereocenters. The molecule has 0 atom stereocenters. The lowest BCUT2D eigenvalue weighted by molar-refractivity contribution is 0.0527. The number of hydrogen-bond donors (Lipinski definition) is 1. The smallest absolute Gasteiger partial charge is 0.318 e. The van der Waals surface area contributed by atoms with Gasteiger partial charge in [-0.05, 0) is 35.8 Å². The van der Waals surface area contributed by atoms with Crippen LogP contribution in [0.2, 0.25) is 0 Å². The van der Waals surface area contributed by atoms with Crippen molar-refractivity contribution in [2.45, 2.75) is 6.67 Å². The minimum Gasteiger partial charge on any atom is -0.497 e. The van der Waals surface area contributed by atoms with E-state index in [1.54, 1.807) is 12.0 Å². The molecule has 0 spiro atoms. The monoisotopic (exact) mass is 401 g/mol. The molecule has 3 aromatic rings. The third kappa shape index (κ3) is 3.56. The van der Waals surface area contributed by atoms with Gasteiger partial charge in [0.25, 0.3) is 5.56 Å². The van der Waals surface area contributed by atoms with E-state index in [1.807, 2.05) is 24.3 Å². The number of ether oxygens (including phenoxy) is 2. The zero-order chi connectivity index (χ0) is 19.5. The second-order valence-corrected chi connectivity index (χ2v) is 6.97. The number of methoxy groups -OCH3 is 1. The topological polar surface area (TPSA) is 98.6 Å². The van der Waals surface area contributed by atoms with E-state index in [2.05, 4.69) is 14.7 Å². The Kier molecular flexibility index (Phi) is 5.22. The van der Waals surface area contributed by atoms with Crippen LogP contribution < -0.4 is 15.6 Å². The van der Waals surface area contributed by atoms with Crippen molar-refractivity contribution in [2.75, 3.05) is 33.4 Å². The molecule has 1 saturated heterocycles. The van der Waals surface area contributed by atoms with Gasteiger partial charge in [0.1, 0.15) is 28.3 Å². The van der Waals surface area contributed by atoms with E-state index >= 15 is 0 Å². The Morgan fingerprint density at radius 3 is 2.75 bits per heavy atom. The van der Waals surface area contributed by atoms with E-state index in [0.717, 1.165) is 22.8 Å². The fourth-order valence-electron chi connectivity index (χ4n) is 2.94. The highest BCUT2D eigenvalue weighted by Crippen LogP contribution is 2.28. The first kappa shape index (κ1) is 18.4. The Hall–Kier alpha value is -2.98. The van der Waals surface area contributed by atoms with E-state index in [0.29, 0.717) is 42.2 Å². The van der Waals surface area contributed by atoms with Crippen molar-refractivity contribution in [3.63, 3.8) is 0 Å². The quantitative estimate of drug-likeness (QED) is 0.712. The van der Waals surface area contributed by atoms with Gasteiger partial charge in [0, 0.05) is 18.7 Å². The van der Waals surface area contributed by atoms with E-state index in [1.165, 1.54) is 10.9 Å². The lowest BCUT2D eigenvalue weighted by atomic mass is 10.1. The molecule has 0 aliphatic carbocycles. The highest BCUT2D eigenvalue weighted by Gasteiger charge is 2.18. The summed E-state index contributed by atoms with van der Waals surface area (Å²) in [4.78, 5) is 31.0. The molecule has 0 bridgehead atoms. The Labute approximate surface area is 164 Å². The van der Waals surface area contributed by atoms with Crippen LogP contribution in [0.1, 0.15) is 0 Å². The Morgan fingerprint density at radius 1 is 1.29 bits per heavy atom. The summed E-state index contributed by atoms with van der Waals surface area (Å²) in [6.07, 6.45) is 1.44. The van der Waals surface area contributed by atoms with Crippen molar-refractivity contribution >= 4 is 27.8 Å².